The molecule has 1 fully saturated rings. The Bertz CT molecular complexity index is 948. The van der Waals surface area contributed by atoms with Crippen LogP contribution in [0.5, 0.6) is 0 Å². The number of halogens is 2. The van der Waals surface area contributed by atoms with Gasteiger partial charge in [-0.05, 0) is 24.6 Å². The van der Waals surface area contributed by atoms with Crippen LogP contribution in [-0.2, 0) is 0 Å². The SMILES string of the molecule is CC(S)N(N)/C(=N\N)C(c1ccc(C#N)cc1)N1CCN(c2c(Cl)cncc2Cl)CC1. The van der Waals surface area contributed by atoms with Gasteiger partial charge in [-0.1, -0.05) is 35.3 Å². The number of nitrogens with zero attached hydrogens (tertiary/aromatic N) is 6. The van der Waals surface area contributed by atoms with Crippen LogP contribution >= 0.6 is 35.8 Å². The van der Waals surface area contributed by atoms with Crippen molar-refractivity contribution in [2.45, 2.75) is 18.3 Å². The van der Waals surface area contributed by atoms with Gasteiger partial charge in [-0.25, -0.2) is 5.84 Å². The van der Waals surface area contributed by atoms with E-state index < -0.39 is 0 Å². The number of hydrazine groups is 1. The van der Waals surface area contributed by atoms with Crippen LogP contribution in [0.3, 0.4) is 0 Å². The molecule has 31 heavy (non-hydrogen) atoms. The summed E-state index contributed by atoms with van der Waals surface area (Å²) in [4.78, 5) is 8.40. The number of hydrazone groups is 1. The summed E-state index contributed by atoms with van der Waals surface area (Å²) >= 11 is 17.1. The highest BCUT2D eigenvalue weighted by Crippen LogP contribution is 2.34. The number of pyridine rings is 1. The fourth-order valence-electron chi connectivity index (χ4n) is 3.64. The molecule has 0 bridgehead atoms. The number of benzene rings is 1. The van der Waals surface area contributed by atoms with Crippen LogP contribution in [0.25, 0.3) is 0 Å². The average molecular weight is 479 g/mol. The van der Waals surface area contributed by atoms with Crippen molar-refractivity contribution in [3.05, 3.63) is 57.8 Å². The molecule has 4 N–H and O–H groups in total. The number of aromatic nitrogens is 1. The molecule has 1 aliphatic rings. The van der Waals surface area contributed by atoms with Crippen molar-refractivity contribution < 1.29 is 0 Å². The molecule has 2 aromatic rings. The summed E-state index contributed by atoms with van der Waals surface area (Å²) in [7, 11) is 0. The van der Waals surface area contributed by atoms with Crippen LogP contribution in [0.15, 0.2) is 41.8 Å². The lowest BCUT2D eigenvalue weighted by Gasteiger charge is -2.42. The van der Waals surface area contributed by atoms with Crippen LogP contribution in [0.4, 0.5) is 5.69 Å². The van der Waals surface area contributed by atoms with Crippen LogP contribution in [0.2, 0.25) is 10.0 Å². The first-order valence-electron chi connectivity index (χ1n) is 9.65. The predicted octanol–water partition coefficient (Wildman–Crippen LogP) is 2.85. The molecule has 0 spiro atoms. The minimum Gasteiger partial charge on any atom is -0.366 e. The van der Waals surface area contributed by atoms with Crippen molar-refractivity contribution in [2.24, 2.45) is 16.8 Å². The Morgan fingerprint density at radius 1 is 1.19 bits per heavy atom. The molecule has 0 saturated carbocycles. The number of anilines is 1. The van der Waals surface area contributed by atoms with Gasteiger partial charge in [0.2, 0.25) is 0 Å². The van der Waals surface area contributed by atoms with E-state index in [1.165, 1.54) is 5.01 Å². The maximum atomic E-state index is 9.14. The molecule has 11 heteroatoms. The number of piperazine rings is 1. The van der Waals surface area contributed by atoms with Gasteiger partial charge in [0.1, 0.15) is 0 Å². The largest absolute Gasteiger partial charge is 0.366 e. The summed E-state index contributed by atoms with van der Waals surface area (Å²) in [6.07, 6.45) is 3.18. The number of thiol groups is 1. The maximum Gasteiger partial charge on any atom is 0.161 e. The topological polar surface area (TPSA) is 111 Å². The fraction of sp³-hybridized carbons (Fsp3) is 0.350. The highest BCUT2D eigenvalue weighted by Gasteiger charge is 2.33. The Morgan fingerprint density at radius 3 is 2.26 bits per heavy atom. The van der Waals surface area contributed by atoms with E-state index in [1.54, 1.807) is 24.5 Å². The van der Waals surface area contributed by atoms with E-state index in [-0.39, 0.29) is 11.4 Å². The van der Waals surface area contributed by atoms with E-state index in [0.29, 0.717) is 47.6 Å². The number of amidine groups is 1. The lowest BCUT2D eigenvalue weighted by atomic mass is 10.0. The number of nitriles is 1. The molecule has 0 amide bonds. The number of hydrogen-bond donors (Lipinski definition) is 3. The summed E-state index contributed by atoms with van der Waals surface area (Å²) in [5.74, 6) is 12.5. The normalized spacial score (nSPS) is 17.2. The van der Waals surface area contributed by atoms with Gasteiger partial charge in [0.25, 0.3) is 0 Å². The molecule has 1 aliphatic heterocycles. The lowest BCUT2D eigenvalue weighted by Crippen LogP contribution is -2.54. The van der Waals surface area contributed by atoms with Crippen molar-refractivity contribution >= 4 is 47.4 Å². The van der Waals surface area contributed by atoms with Crippen LogP contribution < -0.4 is 16.6 Å². The molecular formula is C20H24Cl2N8S. The minimum atomic E-state index is -0.303. The van der Waals surface area contributed by atoms with Gasteiger partial charge in [-0.3, -0.25) is 14.9 Å². The zero-order valence-corrected chi connectivity index (χ0v) is 19.4. The first kappa shape index (κ1) is 23.4. The Balaban J connectivity index is 1.89. The van der Waals surface area contributed by atoms with Gasteiger partial charge in [0, 0.05) is 38.6 Å². The van der Waals surface area contributed by atoms with Crippen LogP contribution in [0, 0.1) is 11.3 Å². The first-order chi connectivity index (χ1) is 14.9. The van der Waals surface area contributed by atoms with E-state index in [9.17, 15) is 0 Å². The standard InChI is InChI=1S/C20H24Cl2N8S/c1-13(31)30(25)20(27-24)18(15-4-2-14(10-23)3-5-15)28-6-8-29(9-7-28)19-16(21)11-26-12-17(19)22/h2-5,11-13,18,31H,6-9,24-25H2,1H3/b27-20-. The number of nitrogens with two attached hydrogens (primary N) is 2. The summed E-state index contributed by atoms with van der Waals surface area (Å²) in [5.41, 5.74) is 2.29. The Kier molecular flexibility index (Phi) is 7.86. The monoisotopic (exact) mass is 478 g/mol. The zero-order valence-electron chi connectivity index (χ0n) is 17.0. The smallest absolute Gasteiger partial charge is 0.161 e. The van der Waals surface area contributed by atoms with Crippen molar-refractivity contribution in [1.82, 2.24) is 14.9 Å². The molecule has 2 unspecified atom stereocenters. The molecule has 1 saturated heterocycles. The quantitative estimate of drug-likeness (QED) is 0.151. The molecule has 1 aromatic carbocycles. The second-order valence-corrected chi connectivity index (χ2v) is 8.70. The molecular weight excluding hydrogens is 455 g/mol. The van der Waals surface area contributed by atoms with Crippen molar-refractivity contribution in [1.29, 1.82) is 5.26 Å². The lowest BCUT2D eigenvalue weighted by molar-refractivity contribution is 0.213. The zero-order chi connectivity index (χ0) is 22.5. The van der Waals surface area contributed by atoms with Gasteiger partial charge < -0.3 is 10.7 Å². The molecule has 8 nitrogen and oxygen atoms in total. The molecule has 1 aromatic heterocycles. The molecule has 2 heterocycles. The molecule has 164 valence electrons. The number of rotatable bonds is 5. The fourth-order valence-corrected chi connectivity index (χ4v) is 4.37. The molecule has 3 rings (SSSR count). The van der Waals surface area contributed by atoms with Gasteiger partial charge in [-0.15, -0.1) is 0 Å². The van der Waals surface area contributed by atoms with Crippen molar-refractivity contribution in [2.75, 3.05) is 31.1 Å². The van der Waals surface area contributed by atoms with Crippen molar-refractivity contribution in [3.63, 3.8) is 0 Å². The maximum absolute atomic E-state index is 9.14. The third-order valence-corrected chi connectivity index (χ3v) is 6.03. The minimum absolute atomic E-state index is 0.293. The van der Waals surface area contributed by atoms with Gasteiger partial charge in [0.05, 0.1) is 38.8 Å². The number of hydrogen-bond acceptors (Lipinski definition) is 8. The van der Waals surface area contributed by atoms with E-state index in [0.717, 1.165) is 11.3 Å². The van der Waals surface area contributed by atoms with E-state index in [2.05, 4.69) is 38.6 Å². The van der Waals surface area contributed by atoms with Gasteiger partial charge in [0.15, 0.2) is 5.84 Å². The summed E-state index contributed by atoms with van der Waals surface area (Å²) in [6, 6.07) is 9.17. The Morgan fingerprint density at radius 2 is 1.77 bits per heavy atom. The highest BCUT2D eigenvalue weighted by molar-refractivity contribution is 7.80. The predicted molar refractivity (Wildman–Crippen MR) is 128 cm³/mol. The highest BCUT2D eigenvalue weighted by atomic mass is 35.5. The van der Waals surface area contributed by atoms with E-state index >= 15 is 0 Å². The third-order valence-electron chi connectivity index (χ3n) is 5.22. The molecule has 0 radical (unpaired) electrons. The first-order valence-corrected chi connectivity index (χ1v) is 10.9. The van der Waals surface area contributed by atoms with Crippen LogP contribution in [0.1, 0.15) is 24.1 Å². The summed E-state index contributed by atoms with van der Waals surface area (Å²) in [6.45, 7) is 4.60. The second kappa shape index (κ2) is 10.4. The summed E-state index contributed by atoms with van der Waals surface area (Å²) < 4.78 is 0. The second-order valence-electron chi connectivity index (χ2n) is 7.14. The Hall–Kier alpha value is -2.22. The Labute approximate surface area is 197 Å². The van der Waals surface area contributed by atoms with Gasteiger partial charge in [-0.2, -0.15) is 23.0 Å². The third kappa shape index (κ3) is 5.17. The molecule has 2 atom stereocenters. The van der Waals surface area contributed by atoms with Crippen LogP contribution in [-0.4, -0.2) is 52.3 Å². The summed E-state index contributed by atoms with van der Waals surface area (Å²) in [5, 5.41) is 15.3. The molecule has 0 aliphatic carbocycles. The van der Waals surface area contributed by atoms with E-state index in [1.807, 2.05) is 19.1 Å². The van der Waals surface area contributed by atoms with E-state index in [4.69, 9.17) is 40.1 Å². The van der Waals surface area contributed by atoms with Crippen molar-refractivity contribution in [3.8, 4) is 6.07 Å². The van der Waals surface area contributed by atoms with Gasteiger partial charge >= 0.3 is 0 Å². The average Bonchev–Trinajstić information content (AvgIpc) is 2.77.